The van der Waals surface area contributed by atoms with Crippen molar-refractivity contribution in [2.75, 3.05) is 13.1 Å². The van der Waals surface area contributed by atoms with Crippen molar-refractivity contribution < 1.29 is 4.39 Å². The highest BCUT2D eigenvalue weighted by Crippen LogP contribution is 2.34. The molecule has 134 valence electrons. The summed E-state index contributed by atoms with van der Waals surface area (Å²) in [7, 11) is 0. The highest BCUT2D eigenvalue weighted by Gasteiger charge is 2.29. The van der Waals surface area contributed by atoms with Gasteiger partial charge >= 0.3 is 0 Å². The van der Waals surface area contributed by atoms with Crippen molar-refractivity contribution in [3.05, 3.63) is 88.2 Å². The minimum atomic E-state index is -0.165. The Kier molecular flexibility index (Phi) is 5.18. The van der Waals surface area contributed by atoms with E-state index in [0.29, 0.717) is 6.54 Å². The molecule has 0 radical (unpaired) electrons. The second kappa shape index (κ2) is 7.72. The van der Waals surface area contributed by atoms with Crippen LogP contribution in [0.25, 0.3) is 0 Å². The van der Waals surface area contributed by atoms with Gasteiger partial charge in [0.15, 0.2) is 0 Å². The summed E-state index contributed by atoms with van der Waals surface area (Å²) in [4.78, 5) is 6.82. The SMILES string of the molecule is Fc1cc(Br)ccc1C(c1cccn1Cc1ccccn1)N1CCCC1. The molecule has 0 bridgehead atoms. The first-order valence-electron chi connectivity index (χ1n) is 8.96. The van der Waals surface area contributed by atoms with Crippen LogP contribution in [0.5, 0.6) is 0 Å². The van der Waals surface area contributed by atoms with Crippen LogP contribution in [-0.4, -0.2) is 27.5 Å². The van der Waals surface area contributed by atoms with Crippen molar-refractivity contribution in [1.29, 1.82) is 0 Å². The monoisotopic (exact) mass is 413 g/mol. The fraction of sp³-hybridized carbons (Fsp3) is 0.286. The zero-order valence-corrected chi connectivity index (χ0v) is 16.1. The van der Waals surface area contributed by atoms with Gasteiger partial charge in [0, 0.05) is 28.1 Å². The molecule has 3 heterocycles. The maximum absolute atomic E-state index is 14.8. The molecule has 0 N–H and O–H groups in total. The van der Waals surface area contributed by atoms with Crippen LogP contribution in [0, 0.1) is 5.82 Å². The zero-order valence-electron chi connectivity index (χ0n) is 14.5. The second-order valence-corrected chi connectivity index (χ2v) is 7.61. The zero-order chi connectivity index (χ0) is 17.9. The van der Waals surface area contributed by atoms with Gasteiger partial charge in [-0.05, 0) is 62.3 Å². The molecule has 4 rings (SSSR count). The summed E-state index contributed by atoms with van der Waals surface area (Å²) in [5, 5.41) is 0. The van der Waals surface area contributed by atoms with E-state index in [1.54, 1.807) is 6.07 Å². The van der Waals surface area contributed by atoms with Gasteiger partial charge in [-0.2, -0.15) is 0 Å². The van der Waals surface area contributed by atoms with E-state index in [1.807, 2.05) is 42.6 Å². The fourth-order valence-corrected chi connectivity index (χ4v) is 4.08. The molecule has 1 aliphatic rings. The molecule has 2 aromatic heterocycles. The van der Waals surface area contributed by atoms with Crippen LogP contribution in [0.1, 0.15) is 35.8 Å². The quantitative estimate of drug-likeness (QED) is 0.585. The summed E-state index contributed by atoms with van der Waals surface area (Å²) in [6.45, 7) is 2.68. The molecular formula is C21H21BrFN3. The number of halogens is 2. The van der Waals surface area contributed by atoms with Gasteiger partial charge < -0.3 is 4.57 Å². The first-order chi connectivity index (χ1) is 12.7. The van der Waals surface area contributed by atoms with E-state index in [9.17, 15) is 4.39 Å². The van der Waals surface area contributed by atoms with E-state index in [2.05, 4.69) is 42.6 Å². The molecule has 1 atom stereocenters. The van der Waals surface area contributed by atoms with Gasteiger partial charge in [0.25, 0.3) is 0 Å². The minimum Gasteiger partial charge on any atom is -0.344 e. The molecule has 3 aromatic rings. The number of benzene rings is 1. The Hall–Kier alpha value is -1.98. The second-order valence-electron chi connectivity index (χ2n) is 6.69. The molecule has 1 saturated heterocycles. The standard InChI is InChI=1S/C21H21BrFN3/c22-16-8-9-18(19(23)14-16)21(25-11-3-4-12-25)20-7-5-13-26(20)15-17-6-1-2-10-24-17/h1-2,5-10,13-14,21H,3-4,11-12,15H2. The summed E-state index contributed by atoms with van der Waals surface area (Å²) >= 11 is 3.37. The first-order valence-corrected chi connectivity index (χ1v) is 9.75. The molecule has 1 aliphatic heterocycles. The van der Waals surface area contributed by atoms with Crippen LogP contribution < -0.4 is 0 Å². The molecular weight excluding hydrogens is 393 g/mol. The largest absolute Gasteiger partial charge is 0.344 e. The fourth-order valence-electron chi connectivity index (χ4n) is 3.75. The Morgan fingerprint density at radius 3 is 2.65 bits per heavy atom. The van der Waals surface area contributed by atoms with Gasteiger partial charge in [-0.1, -0.05) is 28.1 Å². The number of likely N-dealkylation sites (tertiary alicyclic amines) is 1. The molecule has 3 nitrogen and oxygen atoms in total. The van der Waals surface area contributed by atoms with E-state index in [0.717, 1.165) is 47.4 Å². The van der Waals surface area contributed by atoms with Crippen molar-refractivity contribution in [3.63, 3.8) is 0 Å². The van der Waals surface area contributed by atoms with Crippen LogP contribution in [-0.2, 0) is 6.54 Å². The van der Waals surface area contributed by atoms with Crippen molar-refractivity contribution >= 4 is 15.9 Å². The summed E-state index contributed by atoms with van der Waals surface area (Å²) in [5.41, 5.74) is 2.84. The Morgan fingerprint density at radius 1 is 1.08 bits per heavy atom. The summed E-state index contributed by atoms with van der Waals surface area (Å²) in [6, 6.07) is 15.4. The Balaban J connectivity index is 1.74. The predicted octanol–water partition coefficient (Wildman–Crippen LogP) is 5.02. The lowest BCUT2D eigenvalue weighted by Crippen LogP contribution is -2.29. The van der Waals surface area contributed by atoms with Crippen LogP contribution in [0.2, 0.25) is 0 Å². The molecule has 0 spiro atoms. The first kappa shape index (κ1) is 17.4. The van der Waals surface area contributed by atoms with Crippen LogP contribution in [0.15, 0.2) is 65.4 Å². The van der Waals surface area contributed by atoms with Crippen molar-refractivity contribution in [2.45, 2.75) is 25.4 Å². The normalized spacial score (nSPS) is 16.1. The van der Waals surface area contributed by atoms with Gasteiger partial charge in [0.05, 0.1) is 18.3 Å². The molecule has 0 amide bonds. The number of hydrogen-bond donors (Lipinski definition) is 0. The topological polar surface area (TPSA) is 21.1 Å². The van der Waals surface area contributed by atoms with Gasteiger partial charge in [-0.25, -0.2) is 4.39 Å². The van der Waals surface area contributed by atoms with E-state index in [1.165, 1.54) is 0 Å². The number of pyridine rings is 1. The van der Waals surface area contributed by atoms with E-state index < -0.39 is 0 Å². The Bertz CT molecular complexity index is 872. The molecule has 5 heteroatoms. The van der Waals surface area contributed by atoms with Crippen molar-refractivity contribution in [2.24, 2.45) is 0 Å². The molecule has 1 aromatic carbocycles. The number of rotatable bonds is 5. The average Bonchev–Trinajstić information content (AvgIpc) is 3.31. The van der Waals surface area contributed by atoms with Crippen LogP contribution in [0.4, 0.5) is 4.39 Å². The smallest absolute Gasteiger partial charge is 0.129 e. The van der Waals surface area contributed by atoms with Gasteiger partial charge in [0.1, 0.15) is 5.82 Å². The van der Waals surface area contributed by atoms with Gasteiger partial charge in [0.2, 0.25) is 0 Å². The van der Waals surface area contributed by atoms with Crippen LogP contribution >= 0.6 is 15.9 Å². The maximum Gasteiger partial charge on any atom is 0.129 e. The third-order valence-corrected chi connectivity index (χ3v) is 5.46. The van der Waals surface area contributed by atoms with E-state index in [-0.39, 0.29) is 11.9 Å². The number of hydrogen-bond acceptors (Lipinski definition) is 2. The molecule has 0 aliphatic carbocycles. The van der Waals surface area contributed by atoms with Crippen LogP contribution in [0.3, 0.4) is 0 Å². The van der Waals surface area contributed by atoms with E-state index >= 15 is 0 Å². The predicted molar refractivity (Wildman–Crippen MR) is 105 cm³/mol. The summed E-state index contributed by atoms with van der Waals surface area (Å²) in [6.07, 6.45) is 6.19. The molecule has 1 unspecified atom stereocenters. The number of nitrogens with zero attached hydrogens (tertiary/aromatic N) is 3. The van der Waals surface area contributed by atoms with Crippen molar-refractivity contribution in [1.82, 2.24) is 14.5 Å². The summed E-state index contributed by atoms with van der Waals surface area (Å²) < 4.78 is 17.8. The highest BCUT2D eigenvalue weighted by atomic mass is 79.9. The molecule has 1 fully saturated rings. The highest BCUT2D eigenvalue weighted by molar-refractivity contribution is 9.10. The molecule has 26 heavy (non-hydrogen) atoms. The summed E-state index contributed by atoms with van der Waals surface area (Å²) in [5.74, 6) is -0.165. The Morgan fingerprint density at radius 2 is 1.92 bits per heavy atom. The number of aromatic nitrogens is 2. The van der Waals surface area contributed by atoms with Gasteiger partial charge in [-0.3, -0.25) is 9.88 Å². The van der Waals surface area contributed by atoms with Crippen molar-refractivity contribution in [3.8, 4) is 0 Å². The van der Waals surface area contributed by atoms with E-state index in [4.69, 9.17) is 0 Å². The third-order valence-electron chi connectivity index (χ3n) is 4.97. The maximum atomic E-state index is 14.8. The average molecular weight is 414 g/mol. The lowest BCUT2D eigenvalue weighted by atomic mass is 10.0. The Labute approximate surface area is 161 Å². The molecule has 0 saturated carbocycles. The van der Waals surface area contributed by atoms with Gasteiger partial charge in [-0.15, -0.1) is 0 Å². The third kappa shape index (κ3) is 3.60. The lowest BCUT2D eigenvalue weighted by molar-refractivity contribution is 0.266. The minimum absolute atomic E-state index is 0.0793. The lowest BCUT2D eigenvalue weighted by Gasteiger charge is -2.29.